The highest BCUT2D eigenvalue weighted by atomic mass is 16.7. The summed E-state index contributed by atoms with van der Waals surface area (Å²) in [6, 6.07) is 20.4. The van der Waals surface area contributed by atoms with E-state index in [1.54, 1.807) is 36.4 Å². The van der Waals surface area contributed by atoms with Gasteiger partial charge in [-0.25, -0.2) is 9.59 Å². The van der Waals surface area contributed by atoms with Gasteiger partial charge in [-0.1, -0.05) is 36.4 Å². The first-order chi connectivity index (χ1) is 25.4. The highest BCUT2D eigenvalue weighted by molar-refractivity contribution is 6.02. The lowest BCUT2D eigenvalue weighted by Crippen LogP contribution is -2.61. The van der Waals surface area contributed by atoms with Crippen LogP contribution in [-0.2, 0) is 23.8 Å². The molecular weight excluding hydrogens is 692 g/mol. The number of rotatable bonds is 10. The van der Waals surface area contributed by atoms with Crippen molar-refractivity contribution >= 4 is 29.9 Å². The molecule has 0 unspecified atom stereocenters. The fourth-order valence-corrected chi connectivity index (χ4v) is 5.64. The summed E-state index contributed by atoms with van der Waals surface area (Å²) in [6.45, 7) is -0.570. The average molecular weight is 727 g/mol. The summed E-state index contributed by atoms with van der Waals surface area (Å²) in [4.78, 5) is 38.5. The second-order valence-electron chi connectivity index (χ2n) is 12.2. The number of benzene rings is 4. The normalized spacial score (nSPS) is 22.6. The molecular formula is C39H34O14. The van der Waals surface area contributed by atoms with Crippen LogP contribution in [0.2, 0.25) is 0 Å². The average Bonchev–Trinajstić information content (AvgIpc) is 3.13. The largest absolute Gasteiger partial charge is 0.508 e. The van der Waals surface area contributed by atoms with Crippen molar-refractivity contribution in [2.45, 2.75) is 43.2 Å². The lowest BCUT2D eigenvalue weighted by atomic mass is 9.95. The number of carbonyl (C=O) groups excluding carboxylic acids is 3. The highest BCUT2D eigenvalue weighted by Crippen LogP contribution is 2.43. The Morgan fingerprint density at radius 1 is 0.755 bits per heavy atom. The quantitative estimate of drug-likeness (QED) is 0.101. The van der Waals surface area contributed by atoms with Crippen LogP contribution in [0.3, 0.4) is 0 Å². The van der Waals surface area contributed by atoms with Crippen LogP contribution >= 0.6 is 0 Å². The number of ketones is 1. The van der Waals surface area contributed by atoms with Gasteiger partial charge < -0.3 is 54.3 Å². The lowest BCUT2D eigenvalue weighted by Gasteiger charge is -2.41. The highest BCUT2D eigenvalue weighted by Gasteiger charge is 2.48. The van der Waals surface area contributed by atoms with Gasteiger partial charge in [-0.2, -0.15) is 0 Å². The molecule has 6 atom stereocenters. The molecule has 4 aromatic rings. The van der Waals surface area contributed by atoms with E-state index < -0.39 is 66.9 Å². The Balaban J connectivity index is 1.22. The van der Waals surface area contributed by atoms with E-state index >= 15 is 0 Å². The third-order valence-electron chi connectivity index (χ3n) is 8.39. The first-order valence-corrected chi connectivity index (χ1v) is 16.3. The Kier molecular flexibility index (Phi) is 10.9. The van der Waals surface area contributed by atoms with Crippen LogP contribution in [0.1, 0.15) is 39.6 Å². The van der Waals surface area contributed by atoms with Crippen molar-refractivity contribution in [3.8, 4) is 34.5 Å². The molecule has 53 heavy (non-hydrogen) atoms. The first-order valence-electron chi connectivity index (χ1n) is 16.3. The predicted octanol–water partition coefficient (Wildman–Crippen LogP) is 3.92. The van der Waals surface area contributed by atoms with Gasteiger partial charge in [0.05, 0.1) is 6.42 Å². The zero-order chi connectivity index (χ0) is 37.6. The molecule has 14 heteroatoms. The minimum absolute atomic E-state index is 0.0219. The molecule has 6 rings (SSSR count). The molecule has 2 heterocycles. The zero-order valence-corrected chi connectivity index (χ0v) is 27.7. The molecule has 0 saturated carbocycles. The minimum Gasteiger partial charge on any atom is -0.508 e. The lowest BCUT2D eigenvalue weighted by molar-refractivity contribution is -0.281. The van der Waals surface area contributed by atoms with Gasteiger partial charge in [0.25, 0.3) is 0 Å². The summed E-state index contributed by atoms with van der Waals surface area (Å²) in [5.74, 6) is -2.78. The number of phenols is 4. The van der Waals surface area contributed by atoms with E-state index in [0.29, 0.717) is 16.7 Å². The molecule has 274 valence electrons. The van der Waals surface area contributed by atoms with Crippen molar-refractivity contribution in [1.29, 1.82) is 0 Å². The Labute approximate surface area is 302 Å². The van der Waals surface area contributed by atoms with Crippen LogP contribution in [0.15, 0.2) is 97.1 Å². The van der Waals surface area contributed by atoms with Gasteiger partial charge in [-0.05, 0) is 65.2 Å². The zero-order valence-electron chi connectivity index (χ0n) is 27.7. The van der Waals surface area contributed by atoms with Crippen molar-refractivity contribution in [2.75, 3.05) is 6.61 Å². The van der Waals surface area contributed by atoms with Crippen LogP contribution in [0.5, 0.6) is 34.5 Å². The summed E-state index contributed by atoms with van der Waals surface area (Å²) in [5.41, 5.74) is 1.62. The number of Topliss-reactive ketones (excluding diaryl/α,β-unsaturated/α-hetero) is 1. The summed E-state index contributed by atoms with van der Waals surface area (Å²) >= 11 is 0. The van der Waals surface area contributed by atoms with Gasteiger partial charge in [0, 0.05) is 24.3 Å². The number of phenolic OH excluding ortho intramolecular Hbond substituents is 4. The number of aliphatic hydroxyl groups excluding tert-OH is 2. The number of fused-ring (bicyclic) bond motifs is 1. The number of carbonyl (C=O) groups is 3. The van der Waals surface area contributed by atoms with E-state index in [-0.39, 0.29) is 40.7 Å². The van der Waals surface area contributed by atoms with Crippen LogP contribution in [-0.4, -0.2) is 85.7 Å². The minimum atomic E-state index is -1.83. The number of aliphatic hydroxyl groups is 2. The van der Waals surface area contributed by atoms with E-state index in [1.807, 2.05) is 0 Å². The Morgan fingerprint density at radius 3 is 1.92 bits per heavy atom. The van der Waals surface area contributed by atoms with Crippen molar-refractivity contribution in [2.24, 2.45) is 0 Å². The Morgan fingerprint density at radius 2 is 1.32 bits per heavy atom. The molecule has 1 saturated heterocycles. The van der Waals surface area contributed by atoms with Crippen molar-refractivity contribution in [3.05, 3.63) is 119 Å². The number of hydrogen-bond donors (Lipinski definition) is 6. The summed E-state index contributed by atoms with van der Waals surface area (Å²) in [7, 11) is 0. The summed E-state index contributed by atoms with van der Waals surface area (Å²) in [6.07, 6.45) is -4.19. The van der Waals surface area contributed by atoms with Crippen LogP contribution in [0, 0.1) is 0 Å². The molecule has 0 spiro atoms. The van der Waals surface area contributed by atoms with Crippen molar-refractivity contribution in [1.82, 2.24) is 0 Å². The maximum absolute atomic E-state index is 13.1. The maximum atomic E-state index is 13.1. The van der Waals surface area contributed by atoms with Gasteiger partial charge in [0.2, 0.25) is 6.29 Å². The first kappa shape index (κ1) is 36.4. The van der Waals surface area contributed by atoms with E-state index in [1.165, 1.54) is 54.6 Å². The number of hydrogen-bond acceptors (Lipinski definition) is 14. The molecule has 0 bridgehead atoms. The predicted molar refractivity (Wildman–Crippen MR) is 185 cm³/mol. The third kappa shape index (κ3) is 8.94. The standard InChI is InChI=1S/C39H34O14/c40-24-9-1-21(2-10-24)5-15-33(45)49-20-32-36(47)37(48)38(53-34(46)16-6-22-3-11-25(41)12-4-22)39(52-32)50-27-17-28(43)35-29(44)19-30(51-31(35)18-27)23-7-13-26(42)14-8-23/h1-18,30,32,36-43,47-48H,19-20H2/t30-,32-,36+,37-,38-,39+/m0/s1. The molecule has 6 N–H and O–H groups in total. The summed E-state index contributed by atoms with van der Waals surface area (Å²) < 4.78 is 28.6. The molecule has 0 amide bonds. The molecule has 0 aliphatic carbocycles. The van der Waals surface area contributed by atoms with E-state index in [4.69, 9.17) is 23.7 Å². The molecule has 14 nitrogen and oxygen atoms in total. The van der Waals surface area contributed by atoms with E-state index in [2.05, 4.69) is 0 Å². The van der Waals surface area contributed by atoms with Crippen LogP contribution in [0.4, 0.5) is 0 Å². The van der Waals surface area contributed by atoms with Gasteiger partial charge in [0.1, 0.15) is 71.1 Å². The van der Waals surface area contributed by atoms with E-state index in [0.717, 1.165) is 18.2 Å². The third-order valence-corrected chi connectivity index (χ3v) is 8.39. The maximum Gasteiger partial charge on any atom is 0.331 e. The van der Waals surface area contributed by atoms with Crippen LogP contribution in [0.25, 0.3) is 12.2 Å². The Hall–Kier alpha value is -6.35. The van der Waals surface area contributed by atoms with E-state index in [9.17, 15) is 45.0 Å². The fourth-order valence-electron chi connectivity index (χ4n) is 5.64. The van der Waals surface area contributed by atoms with Gasteiger partial charge in [-0.15, -0.1) is 0 Å². The van der Waals surface area contributed by atoms with Gasteiger partial charge >= 0.3 is 11.9 Å². The van der Waals surface area contributed by atoms with Gasteiger partial charge in [-0.3, -0.25) is 4.79 Å². The molecule has 0 aromatic heterocycles. The topological polar surface area (TPSA) is 219 Å². The molecule has 2 aliphatic heterocycles. The second kappa shape index (κ2) is 15.9. The second-order valence-corrected chi connectivity index (χ2v) is 12.2. The number of ether oxygens (including phenoxy) is 5. The van der Waals surface area contributed by atoms with Crippen molar-refractivity contribution in [3.63, 3.8) is 0 Å². The molecule has 0 radical (unpaired) electrons. The van der Waals surface area contributed by atoms with Crippen LogP contribution < -0.4 is 9.47 Å². The van der Waals surface area contributed by atoms with Gasteiger partial charge in [0.15, 0.2) is 11.9 Å². The van der Waals surface area contributed by atoms with Crippen molar-refractivity contribution < 1.29 is 68.7 Å². The Bertz CT molecular complexity index is 2000. The summed E-state index contributed by atoms with van der Waals surface area (Å²) in [5, 5.41) is 61.6. The monoisotopic (exact) mass is 726 g/mol. The molecule has 2 aliphatic rings. The smallest absolute Gasteiger partial charge is 0.331 e. The SMILES string of the molecule is O=C(C=Cc1ccc(O)cc1)OC[C@@H]1O[C@@H](Oc2cc(O)c3c(c2)O[C@H](c2ccc(O)cc2)CC3=O)[C@@H](OC(=O)C=Cc2ccc(O)cc2)[C@@H](O)[C@@H]1O. The number of esters is 2. The fraction of sp³-hybridized carbons (Fsp3) is 0.205. The molecule has 4 aromatic carbocycles. The molecule has 1 fully saturated rings. The number of aromatic hydroxyl groups is 4.